The number of anilines is 1. The van der Waals surface area contributed by atoms with Crippen LogP contribution in [0.15, 0.2) is 30.5 Å². The number of carbonyl (C=O) groups excluding carboxylic acids is 1. The number of rotatable bonds is 8. The molecule has 2 aromatic rings. The van der Waals surface area contributed by atoms with Crippen LogP contribution < -0.4 is 9.64 Å². The highest BCUT2D eigenvalue weighted by molar-refractivity contribution is 6.00. The van der Waals surface area contributed by atoms with E-state index in [0.717, 1.165) is 11.1 Å². The third-order valence-electron chi connectivity index (χ3n) is 5.73. The van der Waals surface area contributed by atoms with E-state index in [-0.39, 0.29) is 11.9 Å². The van der Waals surface area contributed by atoms with E-state index in [9.17, 15) is 4.79 Å². The molecule has 0 spiro atoms. The minimum atomic E-state index is 0.0397. The summed E-state index contributed by atoms with van der Waals surface area (Å²) in [7, 11) is 1.62. The predicted octanol–water partition coefficient (Wildman–Crippen LogP) is 2.75. The Balaban J connectivity index is 1.45. The number of hydrogen-bond donors (Lipinski definition) is 0. The second-order valence-electron chi connectivity index (χ2n) is 7.66. The molecule has 1 atom stereocenters. The summed E-state index contributed by atoms with van der Waals surface area (Å²) in [6, 6.07) is 9.29. The Morgan fingerprint density at radius 3 is 2.62 bits per heavy atom. The van der Waals surface area contributed by atoms with Gasteiger partial charge in [-0.15, -0.1) is 0 Å². The third kappa shape index (κ3) is 4.41. The van der Waals surface area contributed by atoms with E-state index in [0.29, 0.717) is 38.0 Å². The molecule has 1 aromatic carbocycles. The summed E-state index contributed by atoms with van der Waals surface area (Å²) in [6.07, 6.45) is 4.59. The van der Waals surface area contributed by atoms with Crippen molar-refractivity contribution in [1.29, 1.82) is 0 Å². The normalized spacial score (nSPS) is 17.6. The third-order valence-corrected chi connectivity index (χ3v) is 5.73. The van der Waals surface area contributed by atoms with Gasteiger partial charge in [-0.1, -0.05) is 24.3 Å². The molecular formula is C22H28N4O3. The predicted molar refractivity (Wildman–Crippen MR) is 110 cm³/mol. The molecule has 3 heterocycles. The molecule has 2 aliphatic rings. The van der Waals surface area contributed by atoms with Gasteiger partial charge in [0.25, 0.3) is 0 Å². The topological polar surface area (TPSA) is 67.8 Å². The van der Waals surface area contributed by atoms with Crippen molar-refractivity contribution in [2.24, 2.45) is 0 Å². The average molecular weight is 396 g/mol. The van der Waals surface area contributed by atoms with Crippen LogP contribution in [-0.4, -0.2) is 54.2 Å². The van der Waals surface area contributed by atoms with Crippen molar-refractivity contribution in [3.05, 3.63) is 47.2 Å². The van der Waals surface area contributed by atoms with Gasteiger partial charge in [0.15, 0.2) is 0 Å². The van der Waals surface area contributed by atoms with Gasteiger partial charge in [-0.25, -0.2) is 4.98 Å². The van der Waals surface area contributed by atoms with Crippen molar-refractivity contribution in [3.63, 3.8) is 0 Å². The van der Waals surface area contributed by atoms with Gasteiger partial charge in [-0.2, -0.15) is 4.98 Å². The van der Waals surface area contributed by atoms with Gasteiger partial charge in [0.05, 0.1) is 19.6 Å². The summed E-state index contributed by atoms with van der Waals surface area (Å²) in [6.45, 7) is 5.96. The van der Waals surface area contributed by atoms with Crippen LogP contribution in [0.25, 0.3) is 0 Å². The smallest absolute Gasteiger partial charge is 0.318 e. The first-order valence-corrected chi connectivity index (χ1v) is 10.3. The summed E-state index contributed by atoms with van der Waals surface area (Å²) in [4.78, 5) is 25.4. The molecule has 0 aliphatic carbocycles. The Labute approximate surface area is 171 Å². The number of nitrogens with zero attached hydrogens (tertiary/aromatic N) is 4. The quantitative estimate of drug-likeness (QED) is 0.639. The Bertz CT molecular complexity index is 850. The first-order chi connectivity index (χ1) is 14.2. The molecule has 7 nitrogen and oxygen atoms in total. The Kier molecular flexibility index (Phi) is 6.06. The van der Waals surface area contributed by atoms with Crippen LogP contribution >= 0.6 is 0 Å². The number of likely N-dealkylation sites (tertiary alicyclic amines) is 1. The number of amides is 1. The number of fused-ring (bicyclic) bond motifs is 1. The fourth-order valence-corrected chi connectivity index (χ4v) is 3.99. The van der Waals surface area contributed by atoms with Crippen LogP contribution in [0.5, 0.6) is 6.01 Å². The molecule has 1 fully saturated rings. The Morgan fingerprint density at radius 2 is 1.90 bits per heavy atom. The van der Waals surface area contributed by atoms with E-state index in [4.69, 9.17) is 9.47 Å². The molecule has 7 heteroatoms. The monoisotopic (exact) mass is 396 g/mol. The van der Waals surface area contributed by atoms with E-state index >= 15 is 0 Å². The van der Waals surface area contributed by atoms with Crippen molar-refractivity contribution >= 4 is 11.7 Å². The second kappa shape index (κ2) is 8.88. The summed E-state index contributed by atoms with van der Waals surface area (Å²) in [5, 5.41) is 0. The summed E-state index contributed by atoms with van der Waals surface area (Å²) < 4.78 is 10.5. The van der Waals surface area contributed by atoms with Crippen LogP contribution in [0.2, 0.25) is 0 Å². The average Bonchev–Trinajstić information content (AvgIpc) is 3.37. The molecule has 1 aromatic heterocycles. The van der Waals surface area contributed by atoms with Gasteiger partial charge in [-0.05, 0) is 44.0 Å². The van der Waals surface area contributed by atoms with Crippen molar-refractivity contribution in [3.8, 4) is 6.01 Å². The summed E-state index contributed by atoms with van der Waals surface area (Å²) in [5.41, 5.74) is 3.25. The van der Waals surface area contributed by atoms with Crippen molar-refractivity contribution in [2.45, 2.75) is 38.8 Å². The number of hydrogen-bond acceptors (Lipinski definition) is 6. The minimum absolute atomic E-state index is 0.0397. The van der Waals surface area contributed by atoms with Crippen LogP contribution in [0.4, 0.5) is 5.82 Å². The van der Waals surface area contributed by atoms with E-state index in [1.165, 1.54) is 31.5 Å². The number of benzene rings is 1. The van der Waals surface area contributed by atoms with Gasteiger partial charge >= 0.3 is 6.01 Å². The van der Waals surface area contributed by atoms with Gasteiger partial charge in [0.2, 0.25) is 5.91 Å². The number of ether oxygens (including phenoxy) is 2. The minimum Gasteiger partial charge on any atom is -0.461 e. The highest BCUT2D eigenvalue weighted by Gasteiger charge is 2.30. The molecule has 2 aliphatic heterocycles. The molecule has 4 rings (SSSR count). The van der Waals surface area contributed by atoms with E-state index < -0.39 is 0 Å². The SMILES string of the molecule is COCCOc1ncc2c(n1)N(Cc1ccc(C(C)N3CCCC3)cc1)C(=O)C2. The zero-order valence-corrected chi connectivity index (χ0v) is 17.1. The first kappa shape index (κ1) is 19.8. The lowest BCUT2D eigenvalue weighted by Crippen LogP contribution is -2.27. The number of carbonyl (C=O) groups is 1. The van der Waals surface area contributed by atoms with Crippen LogP contribution in [0.3, 0.4) is 0 Å². The number of methoxy groups -OCH3 is 1. The zero-order valence-electron chi connectivity index (χ0n) is 17.1. The molecule has 29 heavy (non-hydrogen) atoms. The van der Waals surface area contributed by atoms with Crippen LogP contribution in [0, 0.1) is 0 Å². The molecular weight excluding hydrogens is 368 g/mol. The molecule has 1 amide bonds. The number of aromatic nitrogens is 2. The van der Waals surface area contributed by atoms with Crippen molar-refractivity contribution in [1.82, 2.24) is 14.9 Å². The van der Waals surface area contributed by atoms with Gasteiger partial charge in [0.1, 0.15) is 12.4 Å². The fraction of sp³-hybridized carbons (Fsp3) is 0.500. The zero-order chi connectivity index (χ0) is 20.2. The maximum absolute atomic E-state index is 12.5. The lowest BCUT2D eigenvalue weighted by atomic mass is 10.0. The molecule has 1 saturated heterocycles. The lowest BCUT2D eigenvalue weighted by molar-refractivity contribution is -0.117. The van der Waals surface area contributed by atoms with E-state index in [1.54, 1.807) is 18.2 Å². The second-order valence-corrected chi connectivity index (χ2v) is 7.66. The van der Waals surface area contributed by atoms with Crippen molar-refractivity contribution < 1.29 is 14.3 Å². The summed E-state index contributed by atoms with van der Waals surface area (Å²) in [5.74, 6) is 0.685. The maximum Gasteiger partial charge on any atom is 0.318 e. The highest BCUT2D eigenvalue weighted by atomic mass is 16.5. The molecule has 154 valence electrons. The van der Waals surface area contributed by atoms with Crippen molar-refractivity contribution in [2.75, 3.05) is 38.3 Å². The Hall–Kier alpha value is -2.51. The van der Waals surface area contributed by atoms with E-state index in [2.05, 4.69) is 46.1 Å². The maximum atomic E-state index is 12.5. The lowest BCUT2D eigenvalue weighted by Gasteiger charge is -2.24. The standard InChI is InChI=1S/C22H28N4O3/c1-16(25-9-3-4-10-25)18-7-5-17(6-8-18)15-26-20(27)13-19-14-23-22(24-21(19)26)29-12-11-28-2/h5-8,14,16H,3-4,9-13,15H2,1-2H3. The van der Waals surface area contributed by atoms with Gasteiger partial charge in [0, 0.05) is 24.9 Å². The molecule has 1 unspecified atom stereocenters. The molecule has 0 bridgehead atoms. The van der Waals surface area contributed by atoms with E-state index in [1.807, 2.05) is 0 Å². The largest absolute Gasteiger partial charge is 0.461 e. The first-order valence-electron chi connectivity index (χ1n) is 10.3. The summed E-state index contributed by atoms with van der Waals surface area (Å²) >= 11 is 0. The molecule has 0 radical (unpaired) electrons. The molecule has 0 N–H and O–H groups in total. The fourth-order valence-electron chi connectivity index (χ4n) is 3.99. The van der Waals surface area contributed by atoms with Gasteiger partial charge < -0.3 is 9.47 Å². The molecule has 0 saturated carbocycles. The van der Waals surface area contributed by atoms with Crippen LogP contribution in [0.1, 0.15) is 42.5 Å². The van der Waals surface area contributed by atoms with Crippen LogP contribution in [-0.2, 0) is 22.5 Å². The van der Waals surface area contributed by atoms with Gasteiger partial charge in [-0.3, -0.25) is 14.6 Å². The Morgan fingerprint density at radius 1 is 1.14 bits per heavy atom. The highest BCUT2D eigenvalue weighted by Crippen LogP contribution is 2.30.